The monoisotopic (exact) mass is 255 g/mol. The number of β-amino-alcohol motifs (C(OH)–C–C–N with tert-alkyl or cyclic N) is 2. The van der Waals surface area contributed by atoms with Crippen molar-refractivity contribution in [1.82, 2.24) is 4.90 Å². The van der Waals surface area contributed by atoms with Gasteiger partial charge in [-0.25, -0.2) is 4.39 Å². The molecule has 1 fully saturated rings. The molecule has 0 spiro atoms. The Hall–Kier alpha value is -1.66. The van der Waals surface area contributed by atoms with Crippen LogP contribution >= 0.6 is 0 Å². The van der Waals surface area contributed by atoms with Crippen LogP contribution in [-0.4, -0.2) is 53.4 Å². The van der Waals surface area contributed by atoms with Crippen LogP contribution in [0.3, 0.4) is 0 Å². The summed E-state index contributed by atoms with van der Waals surface area (Å²) in [6.07, 6.45) is -1.95. The van der Waals surface area contributed by atoms with Gasteiger partial charge in [-0.2, -0.15) is 0 Å². The highest BCUT2D eigenvalue weighted by Gasteiger charge is 2.33. The minimum atomic E-state index is -0.977. The van der Waals surface area contributed by atoms with E-state index >= 15 is 0 Å². The van der Waals surface area contributed by atoms with E-state index in [9.17, 15) is 19.4 Å². The molecule has 18 heavy (non-hydrogen) atoms. The van der Waals surface area contributed by atoms with Crippen LogP contribution in [0.2, 0.25) is 0 Å². The van der Waals surface area contributed by atoms with Crippen LogP contribution in [0.15, 0.2) is 18.2 Å². The van der Waals surface area contributed by atoms with Crippen molar-refractivity contribution in [2.24, 2.45) is 0 Å². The number of benzene rings is 1. The van der Waals surface area contributed by atoms with Gasteiger partial charge in [0.15, 0.2) is 0 Å². The summed E-state index contributed by atoms with van der Waals surface area (Å²) in [5.74, 6) is -0.911. The molecule has 0 radical (unpaired) electrons. The van der Waals surface area contributed by atoms with Crippen molar-refractivity contribution in [3.63, 3.8) is 0 Å². The van der Waals surface area contributed by atoms with Crippen LogP contribution in [0.25, 0.3) is 0 Å². The van der Waals surface area contributed by atoms with Gasteiger partial charge in [0, 0.05) is 19.2 Å². The molecule has 2 atom stereocenters. The van der Waals surface area contributed by atoms with Crippen LogP contribution in [0.1, 0.15) is 10.4 Å². The third kappa shape index (κ3) is 2.30. The van der Waals surface area contributed by atoms with Gasteiger partial charge < -0.3 is 19.8 Å². The van der Waals surface area contributed by atoms with E-state index in [0.29, 0.717) is 5.75 Å². The molecule has 0 saturated carbocycles. The second-order valence-electron chi connectivity index (χ2n) is 4.19. The zero-order chi connectivity index (χ0) is 13.3. The van der Waals surface area contributed by atoms with Crippen molar-refractivity contribution in [2.75, 3.05) is 20.2 Å². The highest BCUT2D eigenvalue weighted by Crippen LogP contribution is 2.20. The highest BCUT2D eigenvalue weighted by molar-refractivity contribution is 5.94. The number of carbonyl (C=O) groups excluding carboxylic acids is 1. The van der Waals surface area contributed by atoms with E-state index in [1.165, 1.54) is 24.1 Å². The normalized spacial score (nSPS) is 23.2. The molecule has 1 saturated heterocycles. The summed E-state index contributed by atoms with van der Waals surface area (Å²) in [5.41, 5.74) is -0.0999. The van der Waals surface area contributed by atoms with Crippen molar-refractivity contribution in [2.45, 2.75) is 12.2 Å². The number of hydrogen-bond donors (Lipinski definition) is 2. The Bertz CT molecular complexity index is 455. The lowest BCUT2D eigenvalue weighted by atomic mass is 10.2. The van der Waals surface area contributed by atoms with Gasteiger partial charge in [0.1, 0.15) is 11.6 Å². The fourth-order valence-corrected chi connectivity index (χ4v) is 1.90. The Morgan fingerprint density at radius 2 is 2.00 bits per heavy atom. The summed E-state index contributed by atoms with van der Waals surface area (Å²) in [6, 6.07) is 3.93. The Morgan fingerprint density at radius 3 is 2.50 bits per heavy atom. The number of carbonyl (C=O) groups is 1. The molecule has 0 aliphatic carbocycles. The Labute approximate surface area is 103 Å². The molecule has 1 amide bonds. The van der Waals surface area contributed by atoms with Crippen molar-refractivity contribution < 1.29 is 24.1 Å². The second-order valence-corrected chi connectivity index (χ2v) is 4.19. The van der Waals surface area contributed by atoms with E-state index in [1.807, 2.05) is 0 Å². The van der Waals surface area contributed by atoms with Crippen LogP contribution < -0.4 is 4.74 Å². The van der Waals surface area contributed by atoms with Crippen LogP contribution in [0, 0.1) is 5.82 Å². The number of methoxy groups -OCH3 is 1. The summed E-state index contributed by atoms with van der Waals surface area (Å²) in [7, 11) is 1.41. The van der Waals surface area contributed by atoms with E-state index in [2.05, 4.69) is 0 Å². The van der Waals surface area contributed by atoms with E-state index in [4.69, 9.17) is 4.74 Å². The summed E-state index contributed by atoms with van der Waals surface area (Å²) in [4.78, 5) is 13.2. The number of likely N-dealkylation sites (tertiary alicyclic amines) is 1. The second kappa shape index (κ2) is 4.91. The first-order valence-corrected chi connectivity index (χ1v) is 5.52. The number of halogens is 1. The maximum atomic E-state index is 13.7. The SMILES string of the molecule is COc1ccc(C(=O)N2C[C@@H](O)[C@@H](O)C2)c(F)c1. The van der Waals surface area contributed by atoms with Gasteiger partial charge in [0.2, 0.25) is 0 Å². The first kappa shape index (κ1) is 12.8. The Morgan fingerprint density at radius 1 is 1.39 bits per heavy atom. The lowest BCUT2D eigenvalue weighted by molar-refractivity contribution is 0.0572. The van der Waals surface area contributed by atoms with Crippen LogP contribution in [0.5, 0.6) is 5.75 Å². The topological polar surface area (TPSA) is 70.0 Å². The molecule has 1 aliphatic heterocycles. The van der Waals surface area contributed by atoms with Crippen LogP contribution in [-0.2, 0) is 0 Å². The molecular formula is C12H14FNO4. The van der Waals surface area contributed by atoms with Crippen LogP contribution in [0.4, 0.5) is 4.39 Å². The molecule has 0 unspecified atom stereocenters. The Balaban J connectivity index is 2.19. The van der Waals surface area contributed by atoms with Gasteiger partial charge in [-0.1, -0.05) is 0 Å². The van der Waals surface area contributed by atoms with Gasteiger partial charge in [-0.05, 0) is 12.1 Å². The molecule has 1 aliphatic rings. The number of nitrogens with zero attached hydrogens (tertiary/aromatic N) is 1. The van der Waals surface area contributed by atoms with E-state index in [-0.39, 0.29) is 18.7 Å². The Kier molecular flexibility index (Phi) is 3.49. The molecule has 5 nitrogen and oxygen atoms in total. The molecular weight excluding hydrogens is 241 g/mol. The zero-order valence-corrected chi connectivity index (χ0v) is 9.84. The number of hydrogen-bond acceptors (Lipinski definition) is 4. The predicted molar refractivity (Wildman–Crippen MR) is 60.9 cm³/mol. The van der Waals surface area contributed by atoms with Crippen molar-refractivity contribution in [1.29, 1.82) is 0 Å². The molecule has 0 aromatic heterocycles. The molecule has 1 aromatic rings. The van der Waals surface area contributed by atoms with E-state index in [1.54, 1.807) is 0 Å². The fraction of sp³-hybridized carbons (Fsp3) is 0.417. The summed E-state index contributed by atoms with van der Waals surface area (Å²) in [5, 5.41) is 18.7. The first-order valence-electron chi connectivity index (χ1n) is 5.52. The van der Waals surface area contributed by atoms with Gasteiger partial charge in [0.05, 0.1) is 24.9 Å². The molecule has 6 heteroatoms. The molecule has 1 aromatic carbocycles. The van der Waals surface area contributed by atoms with Gasteiger partial charge in [0.25, 0.3) is 5.91 Å². The highest BCUT2D eigenvalue weighted by atomic mass is 19.1. The number of rotatable bonds is 2. The van der Waals surface area contributed by atoms with Gasteiger partial charge >= 0.3 is 0 Å². The largest absolute Gasteiger partial charge is 0.497 e. The number of aliphatic hydroxyl groups excluding tert-OH is 2. The first-order chi connectivity index (χ1) is 8.52. The van der Waals surface area contributed by atoms with Crippen molar-refractivity contribution >= 4 is 5.91 Å². The van der Waals surface area contributed by atoms with Crippen molar-refractivity contribution in [3.05, 3.63) is 29.6 Å². The number of aliphatic hydroxyl groups is 2. The average molecular weight is 255 g/mol. The smallest absolute Gasteiger partial charge is 0.257 e. The van der Waals surface area contributed by atoms with Gasteiger partial charge in [-0.3, -0.25) is 4.79 Å². The lowest BCUT2D eigenvalue weighted by Gasteiger charge is -2.16. The quantitative estimate of drug-likeness (QED) is 0.781. The maximum absolute atomic E-state index is 13.7. The van der Waals surface area contributed by atoms with Gasteiger partial charge in [-0.15, -0.1) is 0 Å². The maximum Gasteiger partial charge on any atom is 0.257 e. The molecule has 2 N–H and O–H groups in total. The summed E-state index contributed by atoms with van der Waals surface area (Å²) in [6.45, 7) is 0.0109. The van der Waals surface area contributed by atoms with Crippen molar-refractivity contribution in [3.8, 4) is 5.75 Å². The van der Waals surface area contributed by atoms with E-state index < -0.39 is 23.9 Å². The summed E-state index contributed by atoms with van der Waals surface area (Å²) >= 11 is 0. The van der Waals surface area contributed by atoms with E-state index in [0.717, 1.165) is 6.07 Å². The number of ether oxygens (including phenoxy) is 1. The zero-order valence-electron chi connectivity index (χ0n) is 9.84. The fourth-order valence-electron chi connectivity index (χ4n) is 1.90. The third-order valence-corrected chi connectivity index (χ3v) is 2.95. The number of amides is 1. The molecule has 2 rings (SSSR count). The average Bonchev–Trinajstić information content (AvgIpc) is 2.68. The molecule has 0 bridgehead atoms. The minimum absolute atomic E-state index is 0.00543. The molecule has 98 valence electrons. The summed E-state index contributed by atoms with van der Waals surface area (Å²) < 4.78 is 18.5. The minimum Gasteiger partial charge on any atom is -0.497 e. The standard InChI is InChI=1S/C12H14FNO4/c1-18-7-2-3-8(9(13)4-7)12(17)14-5-10(15)11(16)6-14/h2-4,10-11,15-16H,5-6H2,1H3/t10-,11+. The third-order valence-electron chi connectivity index (χ3n) is 2.95. The predicted octanol–water partition coefficient (Wildman–Crippen LogP) is 0.0119. The molecule has 1 heterocycles. The lowest BCUT2D eigenvalue weighted by Crippen LogP contribution is -2.30.